The summed E-state index contributed by atoms with van der Waals surface area (Å²) in [5, 5.41) is 9.00. The predicted octanol–water partition coefficient (Wildman–Crippen LogP) is 5.97. The molecule has 0 amide bonds. The summed E-state index contributed by atoms with van der Waals surface area (Å²) in [7, 11) is 0. The van der Waals surface area contributed by atoms with E-state index in [1.54, 1.807) is 24.8 Å². The van der Waals surface area contributed by atoms with E-state index in [2.05, 4.69) is 20.2 Å². The van der Waals surface area contributed by atoms with Crippen molar-refractivity contribution >= 4 is 0 Å². The van der Waals surface area contributed by atoms with E-state index >= 15 is 0 Å². The molecule has 0 N–H and O–H groups in total. The fourth-order valence-corrected chi connectivity index (χ4v) is 3.93. The maximum atomic E-state index is 6.23. The first-order valence-electron chi connectivity index (χ1n) is 11.1. The molecular weight excluding hydrogens is 436 g/mol. The van der Waals surface area contributed by atoms with E-state index in [0.717, 1.165) is 34.2 Å². The van der Waals surface area contributed by atoms with Crippen molar-refractivity contribution in [2.75, 3.05) is 0 Å². The van der Waals surface area contributed by atoms with Crippen molar-refractivity contribution in [2.24, 2.45) is 0 Å². The van der Waals surface area contributed by atoms with Gasteiger partial charge in [-0.3, -0.25) is 9.97 Å². The first-order valence-corrected chi connectivity index (χ1v) is 11.1. The SMILES string of the molecule is c1ccc(-c2ccnn2-c2cccc(Oc3cccc(-n4nccc4-c4ccccn4)c3)c2)nc1. The van der Waals surface area contributed by atoms with Gasteiger partial charge in [-0.15, -0.1) is 0 Å². The summed E-state index contributed by atoms with van der Waals surface area (Å²) in [6.07, 6.45) is 7.09. The highest BCUT2D eigenvalue weighted by molar-refractivity contribution is 5.59. The molecule has 4 aromatic heterocycles. The van der Waals surface area contributed by atoms with Gasteiger partial charge < -0.3 is 4.74 Å². The molecule has 4 heterocycles. The number of aromatic nitrogens is 6. The van der Waals surface area contributed by atoms with Crippen LogP contribution in [0, 0.1) is 0 Å². The fourth-order valence-electron chi connectivity index (χ4n) is 3.93. The van der Waals surface area contributed by atoms with E-state index in [-0.39, 0.29) is 0 Å². The van der Waals surface area contributed by atoms with Crippen molar-refractivity contribution < 1.29 is 4.74 Å². The van der Waals surface area contributed by atoms with Gasteiger partial charge in [-0.05, 0) is 60.7 Å². The van der Waals surface area contributed by atoms with Gasteiger partial charge in [-0.1, -0.05) is 24.3 Å². The molecule has 6 aromatic rings. The highest BCUT2D eigenvalue weighted by Crippen LogP contribution is 2.28. The molecule has 0 spiro atoms. The van der Waals surface area contributed by atoms with Gasteiger partial charge in [0.25, 0.3) is 0 Å². The molecule has 168 valence electrons. The minimum Gasteiger partial charge on any atom is -0.457 e. The van der Waals surface area contributed by atoms with Crippen molar-refractivity contribution in [2.45, 2.75) is 0 Å². The van der Waals surface area contributed by atoms with Crippen LogP contribution in [0.4, 0.5) is 0 Å². The second kappa shape index (κ2) is 9.07. The minimum atomic E-state index is 0.701. The number of pyridine rings is 2. The molecule has 0 atom stereocenters. The van der Waals surface area contributed by atoms with E-state index in [0.29, 0.717) is 11.5 Å². The Morgan fingerprint density at radius 2 is 1.00 bits per heavy atom. The van der Waals surface area contributed by atoms with Crippen LogP contribution in [-0.2, 0) is 0 Å². The number of hydrogen-bond donors (Lipinski definition) is 0. The second-order valence-electron chi connectivity index (χ2n) is 7.78. The molecule has 2 aromatic carbocycles. The average molecular weight is 457 g/mol. The van der Waals surface area contributed by atoms with Crippen molar-refractivity contribution in [3.8, 4) is 45.6 Å². The Balaban J connectivity index is 1.29. The molecule has 0 unspecified atom stereocenters. The maximum Gasteiger partial charge on any atom is 0.129 e. The lowest BCUT2D eigenvalue weighted by molar-refractivity contribution is 0.482. The van der Waals surface area contributed by atoms with Crippen LogP contribution in [0.3, 0.4) is 0 Å². The number of hydrogen-bond acceptors (Lipinski definition) is 5. The van der Waals surface area contributed by atoms with Gasteiger partial charge in [-0.2, -0.15) is 10.2 Å². The summed E-state index contributed by atoms with van der Waals surface area (Å²) in [4.78, 5) is 8.91. The summed E-state index contributed by atoms with van der Waals surface area (Å²) in [5.74, 6) is 1.40. The smallest absolute Gasteiger partial charge is 0.129 e. The Morgan fingerprint density at radius 1 is 0.486 bits per heavy atom. The van der Waals surface area contributed by atoms with E-state index in [1.165, 1.54) is 0 Å². The zero-order chi connectivity index (χ0) is 23.5. The van der Waals surface area contributed by atoms with Crippen LogP contribution in [0.2, 0.25) is 0 Å². The molecule has 0 radical (unpaired) electrons. The first-order chi connectivity index (χ1) is 17.3. The highest BCUT2D eigenvalue weighted by atomic mass is 16.5. The quantitative estimate of drug-likeness (QED) is 0.309. The molecule has 0 bridgehead atoms. The Morgan fingerprint density at radius 3 is 1.46 bits per heavy atom. The van der Waals surface area contributed by atoms with E-state index < -0.39 is 0 Å². The summed E-state index contributed by atoms with van der Waals surface area (Å²) < 4.78 is 9.94. The Hall–Kier alpha value is -5.04. The zero-order valence-corrected chi connectivity index (χ0v) is 18.6. The second-order valence-corrected chi connectivity index (χ2v) is 7.78. The van der Waals surface area contributed by atoms with E-state index in [9.17, 15) is 0 Å². The van der Waals surface area contributed by atoms with Gasteiger partial charge in [0.2, 0.25) is 0 Å². The first kappa shape index (κ1) is 20.6. The molecule has 0 saturated heterocycles. The molecular formula is C28H20N6O. The van der Waals surface area contributed by atoms with Crippen molar-refractivity contribution in [1.82, 2.24) is 29.5 Å². The monoisotopic (exact) mass is 456 g/mol. The Labute approximate surface area is 201 Å². The molecule has 0 saturated carbocycles. The summed E-state index contributed by atoms with van der Waals surface area (Å²) >= 11 is 0. The molecule has 0 aliphatic heterocycles. The van der Waals surface area contributed by atoms with Gasteiger partial charge in [-0.25, -0.2) is 9.36 Å². The lowest BCUT2D eigenvalue weighted by Crippen LogP contribution is -2.01. The number of nitrogens with zero attached hydrogens (tertiary/aromatic N) is 6. The number of rotatable bonds is 6. The van der Waals surface area contributed by atoms with Crippen molar-refractivity contribution in [3.05, 3.63) is 122 Å². The van der Waals surface area contributed by atoms with Gasteiger partial charge in [0, 0.05) is 24.5 Å². The average Bonchev–Trinajstić information content (AvgIpc) is 3.61. The van der Waals surface area contributed by atoms with Gasteiger partial charge in [0.15, 0.2) is 0 Å². The van der Waals surface area contributed by atoms with Gasteiger partial charge in [0.05, 0.1) is 46.5 Å². The van der Waals surface area contributed by atoms with Crippen LogP contribution in [0.5, 0.6) is 11.5 Å². The third-order valence-corrected chi connectivity index (χ3v) is 5.50. The van der Waals surface area contributed by atoms with Crippen LogP contribution in [0.25, 0.3) is 34.2 Å². The molecule has 7 heteroatoms. The summed E-state index contributed by atoms with van der Waals surface area (Å²) in [6, 6.07) is 31.2. The molecule has 35 heavy (non-hydrogen) atoms. The van der Waals surface area contributed by atoms with Crippen LogP contribution >= 0.6 is 0 Å². The topological polar surface area (TPSA) is 70.7 Å². The third-order valence-electron chi connectivity index (χ3n) is 5.50. The summed E-state index contributed by atoms with van der Waals surface area (Å²) in [6.45, 7) is 0. The van der Waals surface area contributed by atoms with Gasteiger partial charge in [0.1, 0.15) is 11.5 Å². The molecule has 6 rings (SSSR count). The minimum absolute atomic E-state index is 0.701. The largest absolute Gasteiger partial charge is 0.457 e. The summed E-state index contributed by atoms with van der Waals surface area (Å²) in [5.41, 5.74) is 5.29. The van der Waals surface area contributed by atoms with Crippen LogP contribution in [-0.4, -0.2) is 29.5 Å². The van der Waals surface area contributed by atoms with Crippen LogP contribution in [0.1, 0.15) is 0 Å². The molecule has 0 aliphatic rings. The fraction of sp³-hybridized carbons (Fsp3) is 0. The van der Waals surface area contributed by atoms with Gasteiger partial charge >= 0.3 is 0 Å². The van der Waals surface area contributed by atoms with E-state index in [4.69, 9.17) is 4.74 Å². The lowest BCUT2D eigenvalue weighted by Gasteiger charge is -2.12. The molecule has 7 nitrogen and oxygen atoms in total. The predicted molar refractivity (Wildman–Crippen MR) is 134 cm³/mol. The van der Waals surface area contributed by atoms with Crippen molar-refractivity contribution in [3.63, 3.8) is 0 Å². The number of benzene rings is 2. The Kier molecular flexibility index (Phi) is 5.33. The molecule has 0 fully saturated rings. The van der Waals surface area contributed by atoms with Crippen LogP contribution < -0.4 is 4.74 Å². The molecule has 0 aliphatic carbocycles. The van der Waals surface area contributed by atoms with E-state index in [1.807, 2.05) is 106 Å². The Bertz CT molecular complexity index is 1450. The van der Waals surface area contributed by atoms with Crippen LogP contribution in [0.15, 0.2) is 122 Å². The standard InChI is InChI=1S/C28H20N6O/c1-3-15-29-25(11-1)27-13-17-31-33(27)21-7-5-9-23(19-21)35-24-10-6-8-22(20-24)34-28(14-18-32-34)26-12-2-4-16-30-26/h1-20H. The lowest BCUT2D eigenvalue weighted by atomic mass is 10.2. The highest BCUT2D eigenvalue weighted by Gasteiger charge is 2.11. The normalized spacial score (nSPS) is 10.9. The third kappa shape index (κ3) is 4.18. The van der Waals surface area contributed by atoms with Crippen molar-refractivity contribution in [1.29, 1.82) is 0 Å². The zero-order valence-electron chi connectivity index (χ0n) is 18.6. The number of ether oxygens (including phenoxy) is 1. The maximum absolute atomic E-state index is 6.23.